The second kappa shape index (κ2) is 8.80. The van der Waals surface area contributed by atoms with Crippen molar-refractivity contribution in [2.45, 2.75) is 19.0 Å². The summed E-state index contributed by atoms with van der Waals surface area (Å²) in [6, 6.07) is 11.1. The van der Waals surface area contributed by atoms with Crippen molar-refractivity contribution in [3.8, 4) is 11.5 Å². The van der Waals surface area contributed by atoms with E-state index < -0.39 is 12.8 Å². The number of ether oxygens (including phenoxy) is 2. The van der Waals surface area contributed by atoms with Gasteiger partial charge in [0.25, 0.3) is 0 Å². The van der Waals surface area contributed by atoms with Gasteiger partial charge in [0.05, 0.1) is 12.1 Å². The SMILES string of the molecule is COc1ccc(CCC(=O)Nc2cccc(OCC(F)(F)F)c2)cc1Cl. The maximum atomic E-state index is 12.2. The van der Waals surface area contributed by atoms with Crippen LogP contribution in [0.4, 0.5) is 18.9 Å². The second-order valence-corrected chi connectivity index (χ2v) is 5.86. The Morgan fingerprint density at radius 2 is 1.96 bits per heavy atom. The van der Waals surface area contributed by atoms with Gasteiger partial charge in [0.15, 0.2) is 6.61 Å². The van der Waals surface area contributed by atoms with Gasteiger partial charge in [-0.1, -0.05) is 23.7 Å². The molecule has 0 fully saturated rings. The van der Waals surface area contributed by atoms with Crippen LogP contribution in [0.1, 0.15) is 12.0 Å². The van der Waals surface area contributed by atoms with Gasteiger partial charge in [0.1, 0.15) is 11.5 Å². The smallest absolute Gasteiger partial charge is 0.422 e. The number of benzene rings is 2. The molecule has 0 aliphatic heterocycles. The zero-order valence-electron chi connectivity index (χ0n) is 13.9. The molecule has 26 heavy (non-hydrogen) atoms. The first-order chi connectivity index (χ1) is 12.3. The molecule has 2 aromatic rings. The predicted molar refractivity (Wildman–Crippen MR) is 92.9 cm³/mol. The van der Waals surface area contributed by atoms with Gasteiger partial charge in [-0.05, 0) is 36.2 Å². The van der Waals surface area contributed by atoms with Gasteiger partial charge in [0, 0.05) is 18.2 Å². The summed E-state index contributed by atoms with van der Waals surface area (Å²) in [5.74, 6) is 0.308. The van der Waals surface area contributed by atoms with Crippen molar-refractivity contribution in [2.75, 3.05) is 19.0 Å². The maximum Gasteiger partial charge on any atom is 0.422 e. The minimum absolute atomic E-state index is 0.0297. The molecule has 0 aliphatic rings. The fraction of sp³-hybridized carbons (Fsp3) is 0.278. The Bertz CT molecular complexity index is 766. The molecule has 0 aromatic heterocycles. The van der Waals surface area contributed by atoms with Crippen LogP contribution in [0.3, 0.4) is 0 Å². The van der Waals surface area contributed by atoms with Crippen LogP contribution < -0.4 is 14.8 Å². The number of hydrogen-bond acceptors (Lipinski definition) is 3. The number of nitrogens with one attached hydrogen (secondary N) is 1. The molecule has 2 aromatic carbocycles. The van der Waals surface area contributed by atoms with Crippen LogP contribution in [-0.4, -0.2) is 25.8 Å². The Hall–Kier alpha value is -2.41. The molecule has 8 heteroatoms. The average Bonchev–Trinajstić information content (AvgIpc) is 2.58. The number of amides is 1. The zero-order chi connectivity index (χ0) is 19.2. The van der Waals surface area contributed by atoms with Gasteiger partial charge in [0.2, 0.25) is 5.91 Å². The number of alkyl halides is 3. The molecule has 140 valence electrons. The summed E-state index contributed by atoms with van der Waals surface area (Å²) in [6.45, 7) is -1.39. The highest BCUT2D eigenvalue weighted by atomic mass is 35.5. The summed E-state index contributed by atoms with van der Waals surface area (Å²) >= 11 is 6.03. The molecule has 0 atom stereocenters. The molecule has 0 bridgehead atoms. The first kappa shape index (κ1) is 19.9. The third-order valence-corrected chi connectivity index (χ3v) is 3.67. The first-order valence-corrected chi connectivity index (χ1v) is 8.06. The minimum atomic E-state index is -4.42. The Kier molecular flexibility index (Phi) is 6.74. The van der Waals surface area contributed by atoms with Crippen molar-refractivity contribution in [3.05, 3.63) is 53.1 Å². The van der Waals surface area contributed by atoms with Gasteiger partial charge < -0.3 is 14.8 Å². The molecular formula is C18H17ClF3NO3. The van der Waals surface area contributed by atoms with E-state index in [1.807, 2.05) is 6.07 Å². The minimum Gasteiger partial charge on any atom is -0.495 e. The zero-order valence-corrected chi connectivity index (χ0v) is 14.7. The van der Waals surface area contributed by atoms with E-state index in [-0.39, 0.29) is 18.1 Å². The van der Waals surface area contributed by atoms with Crippen molar-refractivity contribution >= 4 is 23.2 Å². The van der Waals surface area contributed by atoms with E-state index in [1.54, 1.807) is 18.2 Å². The van der Waals surface area contributed by atoms with Crippen molar-refractivity contribution in [3.63, 3.8) is 0 Å². The molecule has 1 N–H and O–H groups in total. The van der Waals surface area contributed by atoms with Crippen LogP contribution in [0.5, 0.6) is 11.5 Å². The molecule has 2 rings (SSSR count). The number of carbonyl (C=O) groups excluding carboxylic acids is 1. The van der Waals surface area contributed by atoms with Crippen LogP contribution in [0.15, 0.2) is 42.5 Å². The number of carbonyl (C=O) groups is 1. The number of methoxy groups -OCH3 is 1. The Morgan fingerprint density at radius 1 is 1.19 bits per heavy atom. The van der Waals surface area contributed by atoms with Crippen LogP contribution in [0.2, 0.25) is 5.02 Å². The number of anilines is 1. The van der Waals surface area contributed by atoms with Crippen molar-refractivity contribution < 1.29 is 27.4 Å². The van der Waals surface area contributed by atoms with Crippen molar-refractivity contribution in [1.82, 2.24) is 0 Å². The van der Waals surface area contributed by atoms with Crippen LogP contribution in [0.25, 0.3) is 0 Å². The normalized spacial score (nSPS) is 11.1. The summed E-state index contributed by atoms with van der Waals surface area (Å²) in [7, 11) is 1.51. The van der Waals surface area contributed by atoms with Gasteiger partial charge >= 0.3 is 6.18 Å². The lowest BCUT2D eigenvalue weighted by Gasteiger charge is -2.11. The topological polar surface area (TPSA) is 47.6 Å². The highest BCUT2D eigenvalue weighted by Crippen LogP contribution is 2.25. The number of aryl methyl sites for hydroxylation is 1. The second-order valence-electron chi connectivity index (χ2n) is 5.45. The maximum absolute atomic E-state index is 12.2. The van der Waals surface area contributed by atoms with Crippen molar-refractivity contribution in [2.24, 2.45) is 0 Å². The summed E-state index contributed by atoms with van der Waals surface area (Å²) in [5.41, 5.74) is 1.23. The Morgan fingerprint density at radius 3 is 2.62 bits per heavy atom. The monoisotopic (exact) mass is 387 g/mol. The third-order valence-electron chi connectivity index (χ3n) is 3.38. The lowest BCUT2D eigenvalue weighted by Crippen LogP contribution is -2.19. The van der Waals surface area contributed by atoms with Crippen LogP contribution in [-0.2, 0) is 11.2 Å². The average molecular weight is 388 g/mol. The quantitative estimate of drug-likeness (QED) is 0.738. The van der Waals surface area contributed by atoms with Crippen LogP contribution >= 0.6 is 11.6 Å². The van der Waals surface area contributed by atoms with E-state index in [9.17, 15) is 18.0 Å². The largest absolute Gasteiger partial charge is 0.495 e. The molecule has 0 heterocycles. The standard InChI is InChI=1S/C18H17ClF3NO3/c1-25-16-7-5-12(9-15(16)19)6-8-17(24)23-13-3-2-4-14(10-13)26-11-18(20,21)22/h2-5,7,9-10H,6,8,11H2,1H3,(H,23,24). The van der Waals surface area contributed by atoms with Gasteiger partial charge in [-0.25, -0.2) is 0 Å². The highest BCUT2D eigenvalue weighted by molar-refractivity contribution is 6.32. The molecule has 0 unspecified atom stereocenters. The molecule has 0 saturated carbocycles. The van der Waals surface area contributed by atoms with E-state index in [0.29, 0.717) is 22.9 Å². The molecule has 4 nitrogen and oxygen atoms in total. The van der Waals surface area contributed by atoms with E-state index in [4.69, 9.17) is 16.3 Å². The van der Waals surface area contributed by atoms with Gasteiger partial charge in [-0.15, -0.1) is 0 Å². The molecule has 0 saturated heterocycles. The van der Waals surface area contributed by atoms with Crippen LogP contribution in [0, 0.1) is 0 Å². The van der Waals surface area contributed by atoms with E-state index >= 15 is 0 Å². The van der Waals surface area contributed by atoms with E-state index in [2.05, 4.69) is 10.1 Å². The fourth-order valence-electron chi connectivity index (χ4n) is 2.18. The molecule has 0 radical (unpaired) electrons. The molecule has 1 amide bonds. The van der Waals surface area contributed by atoms with Crippen molar-refractivity contribution in [1.29, 1.82) is 0 Å². The summed E-state index contributed by atoms with van der Waals surface area (Å²) in [4.78, 5) is 12.0. The molecule has 0 spiro atoms. The highest BCUT2D eigenvalue weighted by Gasteiger charge is 2.28. The number of halogens is 4. The Labute approximate surface area is 153 Å². The molecular weight excluding hydrogens is 371 g/mol. The fourth-order valence-corrected chi connectivity index (χ4v) is 2.46. The van der Waals surface area contributed by atoms with E-state index in [0.717, 1.165) is 5.56 Å². The Balaban J connectivity index is 1.88. The first-order valence-electron chi connectivity index (χ1n) is 7.69. The lowest BCUT2D eigenvalue weighted by molar-refractivity contribution is -0.153. The lowest BCUT2D eigenvalue weighted by atomic mass is 10.1. The van der Waals surface area contributed by atoms with E-state index in [1.165, 1.54) is 25.3 Å². The van der Waals surface area contributed by atoms with Gasteiger partial charge in [-0.3, -0.25) is 4.79 Å². The van der Waals surface area contributed by atoms with Gasteiger partial charge in [-0.2, -0.15) is 13.2 Å². The molecule has 0 aliphatic carbocycles. The summed E-state index contributed by atoms with van der Waals surface area (Å²) < 4.78 is 46.3. The number of hydrogen-bond donors (Lipinski definition) is 1. The predicted octanol–water partition coefficient (Wildman–Crippen LogP) is 4.86. The summed E-state index contributed by atoms with van der Waals surface area (Å²) in [6.07, 6.45) is -3.77. The number of rotatable bonds is 7. The third kappa shape index (κ3) is 6.48. The summed E-state index contributed by atoms with van der Waals surface area (Å²) in [5, 5.41) is 3.09.